The molecule has 1 fully saturated rings. The molecule has 1 aromatic carbocycles. The highest BCUT2D eigenvalue weighted by Gasteiger charge is 2.33. The summed E-state index contributed by atoms with van der Waals surface area (Å²) < 4.78 is 60.0. The van der Waals surface area contributed by atoms with Crippen LogP contribution in [-0.2, 0) is 0 Å². The fourth-order valence-electron chi connectivity index (χ4n) is 2.84. The lowest BCUT2D eigenvalue weighted by Gasteiger charge is -2.34. The molecule has 1 aliphatic rings. The topological polar surface area (TPSA) is 37.6 Å². The van der Waals surface area contributed by atoms with Crippen LogP contribution in [0.5, 0.6) is 5.75 Å². The largest absolute Gasteiger partial charge is 0.573 e. The van der Waals surface area contributed by atoms with Crippen LogP contribution < -0.4 is 10.1 Å². The van der Waals surface area contributed by atoms with E-state index in [1.807, 2.05) is 0 Å². The molecule has 8 heteroatoms. The predicted molar refractivity (Wildman–Crippen MR) is 78.1 cm³/mol. The van der Waals surface area contributed by atoms with Gasteiger partial charge in [-0.05, 0) is 29.8 Å². The van der Waals surface area contributed by atoms with E-state index < -0.39 is 17.9 Å². The van der Waals surface area contributed by atoms with Crippen molar-refractivity contribution in [3.63, 3.8) is 0 Å². The van der Waals surface area contributed by atoms with Crippen LogP contribution in [-0.4, -0.2) is 37.4 Å². The molecule has 24 heavy (non-hydrogen) atoms. The molecule has 130 valence electrons. The maximum atomic E-state index is 14.1. The number of alkyl halides is 3. The van der Waals surface area contributed by atoms with E-state index >= 15 is 0 Å². The summed E-state index contributed by atoms with van der Waals surface area (Å²) in [6.07, 6.45) is -3.41. The first-order chi connectivity index (χ1) is 11.4. The van der Waals surface area contributed by atoms with Gasteiger partial charge >= 0.3 is 6.36 Å². The van der Waals surface area contributed by atoms with Crippen molar-refractivity contribution in [2.45, 2.75) is 12.4 Å². The molecular formula is C16H16F4N2O2. The van der Waals surface area contributed by atoms with Crippen LogP contribution in [0.3, 0.4) is 0 Å². The lowest BCUT2D eigenvalue weighted by molar-refractivity contribution is -0.275. The summed E-state index contributed by atoms with van der Waals surface area (Å²) in [6, 6.07) is 6.62. The summed E-state index contributed by atoms with van der Waals surface area (Å²) in [5.74, 6) is -1.29. The van der Waals surface area contributed by atoms with Gasteiger partial charge in [0.1, 0.15) is 5.76 Å². The van der Waals surface area contributed by atoms with Gasteiger partial charge in [-0.1, -0.05) is 6.07 Å². The number of rotatable bonds is 4. The summed E-state index contributed by atoms with van der Waals surface area (Å²) >= 11 is 0. The number of halogens is 4. The van der Waals surface area contributed by atoms with Crippen molar-refractivity contribution in [2.75, 3.05) is 26.2 Å². The van der Waals surface area contributed by atoms with Gasteiger partial charge in [-0.25, -0.2) is 4.39 Å². The van der Waals surface area contributed by atoms with E-state index in [1.165, 1.54) is 12.3 Å². The molecule has 1 atom stereocenters. The van der Waals surface area contributed by atoms with Gasteiger partial charge in [-0.2, -0.15) is 0 Å². The van der Waals surface area contributed by atoms with Crippen LogP contribution >= 0.6 is 0 Å². The molecule has 1 aromatic heterocycles. The van der Waals surface area contributed by atoms with Crippen LogP contribution in [0.2, 0.25) is 0 Å². The molecule has 0 unspecified atom stereocenters. The molecule has 2 heterocycles. The number of hydrogen-bond donors (Lipinski definition) is 1. The first kappa shape index (κ1) is 16.8. The average Bonchev–Trinajstić information content (AvgIpc) is 3.04. The highest BCUT2D eigenvalue weighted by atomic mass is 19.4. The zero-order valence-corrected chi connectivity index (χ0v) is 12.6. The number of ether oxygens (including phenoxy) is 1. The van der Waals surface area contributed by atoms with Crippen molar-refractivity contribution >= 4 is 0 Å². The van der Waals surface area contributed by atoms with Gasteiger partial charge < -0.3 is 14.5 Å². The third kappa shape index (κ3) is 3.88. The molecule has 0 saturated carbocycles. The van der Waals surface area contributed by atoms with Crippen molar-refractivity contribution in [1.29, 1.82) is 0 Å². The molecule has 3 rings (SSSR count). The maximum Gasteiger partial charge on any atom is 0.573 e. The molecule has 4 nitrogen and oxygen atoms in total. The first-order valence-corrected chi connectivity index (χ1v) is 7.47. The summed E-state index contributed by atoms with van der Waals surface area (Å²) in [7, 11) is 0. The Bertz CT molecular complexity index is 667. The number of piperazine rings is 1. The number of benzene rings is 1. The minimum absolute atomic E-state index is 0.364. The molecule has 1 N–H and O–H groups in total. The third-order valence-electron chi connectivity index (χ3n) is 3.83. The van der Waals surface area contributed by atoms with Gasteiger partial charge in [0.15, 0.2) is 11.6 Å². The van der Waals surface area contributed by atoms with E-state index in [2.05, 4.69) is 15.0 Å². The number of hydrogen-bond acceptors (Lipinski definition) is 4. The Hall–Kier alpha value is -2.06. The molecule has 0 amide bonds. The van der Waals surface area contributed by atoms with E-state index in [0.717, 1.165) is 25.2 Å². The Morgan fingerprint density at radius 1 is 1.17 bits per heavy atom. The average molecular weight is 344 g/mol. The Labute approximate surface area is 136 Å². The molecule has 0 spiro atoms. The van der Waals surface area contributed by atoms with Crippen molar-refractivity contribution < 1.29 is 26.7 Å². The van der Waals surface area contributed by atoms with Crippen molar-refractivity contribution in [2.24, 2.45) is 0 Å². The molecular weight excluding hydrogens is 328 g/mol. The van der Waals surface area contributed by atoms with Gasteiger partial charge in [-0.3, -0.25) is 4.90 Å². The molecule has 1 aliphatic heterocycles. The Morgan fingerprint density at radius 2 is 1.92 bits per heavy atom. The second-order valence-corrected chi connectivity index (χ2v) is 5.44. The van der Waals surface area contributed by atoms with Crippen LogP contribution in [0.25, 0.3) is 0 Å². The minimum Gasteiger partial charge on any atom is -0.467 e. The van der Waals surface area contributed by atoms with E-state index in [-0.39, 0.29) is 6.04 Å². The first-order valence-electron chi connectivity index (χ1n) is 7.47. The summed E-state index contributed by atoms with van der Waals surface area (Å²) in [5, 5.41) is 3.22. The third-order valence-corrected chi connectivity index (χ3v) is 3.83. The van der Waals surface area contributed by atoms with Gasteiger partial charge in [0.2, 0.25) is 0 Å². The van der Waals surface area contributed by atoms with E-state index in [4.69, 9.17) is 4.42 Å². The quantitative estimate of drug-likeness (QED) is 0.864. The summed E-state index contributed by atoms with van der Waals surface area (Å²) in [5.41, 5.74) is 0.513. The van der Waals surface area contributed by atoms with Crippen LogP contribution in [0.4, 0.5) is 17.6 Å². The fourth-order valence-corrected chi connectivity index (χ4v) is 2.84. The van der Waals surface area contributed by atoms with Crippen molar-refractivity contribution in [1.82, 2.24) is 10.2 Å². The minimum atomic E-state index is -4.93. The van der Waals surface area contributed by atoms with Gasteiger partial charge in [0, 0.05) is 26.2 Å². The molecule has 2 aromatic rings. The van der Waals surface area contributed by atoms with Crippen LogP contribution in [0, 0.1) is 5.82 Å². The van der Waals surface area contributed by atoms with E-state index in [1.54, 1.807) is 12.1 Å². The van der Waals surface area contributed by atoms with E-state index in [0.29, 0.717) is 24.4 Å². The van der Waals surface area contributed by atoms with Crippen LogP contribution in [0.1, 0.15) is 17.4 Å². The van der Waals surface area contributed by atoms with Gasteiger partial charge in [0.05, 0.1) is 12.3 Å². The number of nitrogens with one attached hydrogen (secondary N) is 1. The van der Waals surface area contributed by atoms with Gasteiger partial charge in [-0.15, -0.1) is 13.2 Å². The smallest absolute Gasteiger partial charge is 0.467 e. The molecule has 0 aliphatic carbocycles. The monoisotopic (exact) mass is 344 g/mol. The lowest BCUT2D eigenvalue weighted by atomic mass is 10.0. The highest BCUT2D eigenvalue weighted by molar-refractivity contribution is 5.34. The number of furan rings is 1. The number of nitrogens with zero attached hydrogens (tertiary/aromatic N) is 1. The zero-order valence-electron chi connectivity index (χ0n) is 12.6. The fraction of sp³-hybridized carbons (Fsp3) is 0.375. The second kappa shape index (κ2) is 6.82. The summed E-state index contributed by atoms with van der Waals surface area (Å²) in [6.45, 7) is 2.98. The Morgan fingerprint density at radius 3 is 2.50 bits per heavy atom. The Kier molecular flexibility index (Phi) is 4.77. The van der Waals surface area contributed by atoms with Crippen LogP contribution in [0.15, 0.2) is 41.0 Å². The Balaban J connectivity index is 1.91. The van der Waals surface area contributed by atoms with E-state index in [9.17, 15) is 17.6 Å². The normalized spacial score (nSPS) is 17.7. The lowest BCUT2D eigenvalue weighted by Crippen LogP contribution is -2.45. The van der Waals surface area contributed by atoms with Crippen molar-refractivity contribution in [3.8, 4) is 5.75 Å². The molecule has 1 saturated heterocycles. The second-order valence-electron chi connectivity index (χ2n) is 5.44. The highest BCUT2D eigenvalue weighted by Crippen LogP contribution is 2.33. The molecule has 0 bridgehead atoms. The summed E-state index contributed by atoms with van der Waals surface area (Å²) in [4.78, 5) is 2.09. The maximum absolute atomic E-state index is 14.1. The SMILES string of the molecule is Fc1cc([C@@H](c2ccco2)N2CCNCC2)ccc1OC(F)(F)F. The zero-order chi connectivity index (χ0) is 17.2. The molecule has 0 radical (unpaired) electrons. The van der Waals surface area contributed by atoms with Crippen molar-refractivity contribution in [3.05, 3.63) is 53.7 Å². The standard InChI is InChI=1S/C16H16F4N2O2/c17-12-10-11(3-4-13(12)24-16(18,19)20)15(14-2-1-9-23-14)22-7-5-21-6-8-22/h1-4,9-10,15,21H,5-8H2/t15-/m0/s1. The predicted octanol–water partition coefficient (Wildman–Crippen LogP) is 3.31. The van der Waals surface area contributed by atoms with Gasteiger partial charge in [0.25, 0.3) is 0 Å².